The van der Waals surface area contributed by atoms with Gasteiger partial charge in [-0.25, -0.2) is 0 Å². The molecule has 0 N–H and O–H groups in total. The molecule has 0 bridgehead atoms. The van der Waals surface area contributed by atoms with E-state index in [0.29, 0.717) is 6.54 Å². The zero-order valence-corrected chi connectivity index (χ0v) is 12.5. The second-order valence-electron chi connectivity index (χ2n) is 4.24. The molecular formula is C15H17NOS2. The summed E-state index contributed by atoms with van der Waals surface area (Å²) in [6.07, 6.45) is 4.54. The van der Waals surface area contributed by atoms with Gasteiger partial charge in [-0.15, -0.1) is 11.3 Å². The second-order valence-corrected chi connectivity index (χ2v) is 6.00. The fourth-order valence-electron chi connectivity index (χ4n) is 1.79. The first-order valence-corrected chi connectivity index (χ1v) is 8.13. The predicted molar refractivity (Wildman–Crippen MR) is 83.4 cm³/mol. The van der Waals surface area contributed by atoms with Crippen molar-refractivity contribution in [2.45, 2.75) is 19.9 Å². The van der Waals surface area contributed by atoms with Crippen molar-refractivity contribution >= 4 is 34.7 Å². The van der Waals surface area contributed by atoms with Crippen LogP contribution < -0.4 is 0 Å². The molecular weight excluding hydrogens is 274 g/mol. The van der Waals surface area contributed by atoms with E-state index in [1.807, 2.05) is 33.9 Å². The molecule has 2 aromatic rings. The summed E-state index contributed by atoms with van der Waals surface area (Å²) < 4.78 is 0. The van der Waals surface area contributed by atoms with E-state index < -0.39 is 0 Å². The largest absolute Gasteiger partial charge is 0.335 e. The van der Waals surface area contributed by atoms with Crippen molar-refractivity contribution in [3.8, 4) is 0 Å². The number of rotatable bonds is 6. The Bertz CT molecular complexity index is 514. The standard InChI is InChI=1S/C15H17NOS2/c1-2-8-16(11-13-7-10-18-12-13)15(17)6-5-14-4-3-9-19-14/h3-7,9-10,12H,2,8,11H2,1H3. The SMILES string of the molecule is CCCN(Cc1ccsc1)C(=O)C=Cc1cccs1. The average Bonchev–Trinajstić information content (AvgIpc) is 3.08. The van der Waals surface area contributed by atoms with Gasteiger partial charge < -0.3 is 4.90 Å². The lowest BCUT2D eigenvalue weighted by atomic mass is 10.2. The fourth-order valence-corrected chi connectivity index (χ4v) is 3.06. The lowest BCUT2D eigenvalue weighted by Crippen LogP contribution is -2.29. The molecule has 2 aromatic heterocycles. The zero-order valence-electron chi connectivity index (χ0n) is 10.9. The Hall–Kier alpha value is -1.39. The smallest absolute Gasteiger partial charge is 0.246 e. The molecule has 0 fully saturated rings. The van der Waals surface area contributed by atoms with Crippen molar-refractivity contribution in [1.29, 1.82) is 0 Å². The van der Waals surface area contributed by atoms with Gasteiger partial charge in [-0.2, -0.15) is 11.3 Å². The van der Waals surface area contributed by atoms with Gasteiger partial charge in [0.05, 0.1) is 0 Å². The molecule has 0 unspecified atom stereocenters. The Morgan fingerprint density at radius 3 is 2.89 bits per heavy atom. The summed E-state index contributed by atoms with van der Waals surface area (Å²) in [6, 6.07) is 6.07. The molecule has 19 heavy (non-hydrogen) atoms. The molecule has 4 heteroatoms. The molecule has 0 aliphatic heterocycles. The highest BCUT2D eigenvalue weighted by Crippen LogP contribution is 2.13. The van der Waals surface area contributed by atoms with Crippen molar-refractivity contribution in [2.24, 2.45) is 0 Å². The van der Waals surface area contributed by atoms with Crippen LogP contribution in [0, 0.1) is 0 Å². The molecule has 0 aliphatic rings. The van der Waals surface area contributed by atoms with Gasteiger partial charge in [0.1, 0.15) is 0 Å². The Morgan fingerprint density at radius 1 is 1.37 bits per heavy atom. The van der Waals surface area contributed by atoms with Crippen LogP contribution in [-0.4, -0.2) is 17.4 Å². The maximum Gasteiger partial charge on any atom is 0.246 e. The van der Waals surface area contributed by atoms with E-state index in [-0.39, 0.29) is 5.91 Å². The van der Waals surface area contributed by atoms with Crippen molar-refractivity contribution in [3.63, 3.8) is 0 Å². The van der Waals surface area contributed by atoms with Crippen LogP contribution in [0.3, 0.4) is 0 Å². The monoisotopic (exact) mass is 291 g/mol. The van der Waals surface area contributed by atoms with Crippen molar-refractivity contribution < 1.29 is 4.79 Å². The van der Waals surface area contributed by atoms with Gasteiger partial charge in [-0.05, 0) is 46.3 Å². The minimum Gasteiger partial charge on any atom is -0.335 e. The number of thiophene rings is 2. The minimum absolute atomic E-state index is 0.0847. The minimum atomic E-state index is 0.0847. The number of carbonyl (C=O) groups is 1. The first kappa shape index (κ1) is 14.0. The number of hydrogen-bond donors (Lipinski definition) is 0. The molecule has 1 amide bonds. The van der Waals surface area contributed by atoms with E-state index in [2.05, 4.69) is 18.4 Å². The summed E-state index contributed by atoms with van der Waals surface area (Å²) >= 11 is 3.31. The van der Waals surface area contributed by atoms with Gasteiger partial charge in [-0.3, -0.25) is 4.79 Å². The Balaban J connectivity index is 1.99. The second kappa shape index (κ2) is 7.26. The third kappa shape index (κ3) is 4.33. The summed E-state index contributed by atoms with van der Waals surface area (Å²) in [6.45, 7) is 3.59. The van der Waals surface area contributed by atoms with Gasteiger partial charge >= 0.3 is 0 Å². The summed E-state index contributed by atoms with van der Waals surface area (Å²) in [4.78, 5) is 15.2. The highest BCUT2D eigenvalue weighted by atomic mass is 32.1. The zero-order chi connectivity index (χ0) is 13.5. The van der Waals surface area contributed by atoms with Crippen LogP contribution in [0.15, 0.2) is 40.4 Å². The topological polar surface area (TPSA) is 20.3 Å². The van der Waals surface area contributed by atoms with E-state index in [4.69, 9.17) is 0 Å². The van der Waals surface area contributed by atoms with Crippen LogP contribution in [0.4, 0.5) is 0 Å². The highest BCUT2D eigenvalue weighted by Gasteiger charge is 2.10. The number of amides is 1. The van der Waals surface area contributed by atoms with Crippen molar-refractivity contribution in [3.05, 3.63) is 50.9 Å². The van der Waals surface area contributed by atoms with Crippen LogP contribution in [0.1, 0.15) is 23.8 Å². The Labute approximate surface area is 122 Å². The molecule has 2 rings (SSSR count). The molecule has 0 aromatic carbocycles. The van der Waals surface area contributed by atoms with Crippen LogP contribution in [0.5, 0.6) is 0 Å². The van der Waals surface area contributed by atoms with Gasteiger partial charge in [0, 0.05) is 24.0 Å². The molecule has 0 spiro atoms. The number of hydrogen-bond acceptors (Lipinski definition) is 3. The molecule has 0 saturated heterocycles. The highest BCUT2D eigenvalue weighted by molar-refractivity contribution is 7.10. The van der Waals surface area contributed by atoms with E-state index >= 15 is 0 Å². The van der Waals surface area contributed by atoms with Crippen LogP contribution in [0.25, 0.3) is 6.08 Å². The molecule has 2 nitrogen and oxygen atoms in total. The van der Waals surface area contributed by atoms with Crippen molar-refractivity contribution in [2.75, 3.05) is 6.54 Å². The molecule has 100 valence electrons. The number of nitrogens with zero attached hydrogens (tertiary/aromatic N) is 1. The van der Waals surface area contributed by atoms with Crippen LogP contribution in [0.2, 0.25) is 0 Å². The first-order chi connectivity index (χ1) is 9.29. The summed E-state index contributed by atoms with van der Waals surface area (Å²) in [5.74, 6) is 0.0847. The molecule has 0 radical (unpaired) electrons. The van der Waals surface area contributed by atoms with Crippen LogP contribution in [-0.2, 0) is 11.3 Å². The van der Waals surface area contributed by atoms with Crippen molar-refractivity contribution in [1.82, 2.24) is 4.90 Å². The van der Waals surface area contributed by atoms with E-state index in [0.717, 1.165) is 17.8 Å². The fraction of sp³-hybridized carbons (Fsp3) is 0.267. The maximum atomic E-state index is 12.2. The lowest BCUT2D eigenvalue weighted by molar-refractivity contribution is -0.126. The van der Waals surface area contributed by atoms with E-state index in [9.17, 15) is 4.79 Å². The Morgan fingerprint density at radius 2 is 2.26 bits per heavy atom. The summed E-state index contributed by atoms with van der Waals surface area (Å²) in [7, 11) is 0. The van der Waals surface area contributed by atoms with E-state index in [1.165, 1.54) is 5.56 Å². The number of carbonyl (C=O) groups excluding carboxylic acids is 1. The Kier molecular flexibility index (Phi) is 5.36. The molecule has 0 atom stereocenters. The quantitative estimate of drug-likeness (QED) is 0.728. The average molecular weight is 291 g/mol. The predicted octanol–water partition coefficient (Wildman–Crippen LogP) is 4.26. The maximum absolute atomic E-state index is 12.2. The molecule has 0 saturated carbocycles. The van der Waals surface area contributed by atoms with Gasteiger partial charge in [-0.1, -0.05) is 13.0 Å². The lowest BCUT2D eigenvalue weighted by Gasteiger charge is -2.19. The van der Waals surface area contributed by atoms with Gasteiger partial charge in [0.25, 0.3) is 0 Å². The third-order valence-corrected chi connectivity index (χ3v) is 4.26. The molecule has 0 aliphatic carbocycles. The van der Waals surface area contributed by atoms with Gasteiger partial charge in [0.2, 0.25) is 5.91 Å². The molecule has 2 heterocycles. The first-order valence-electron chi connectivity index (χ1n) is 6.31. The normalized spacial score (nSPS) is 11.0. The van der Waals surface area contributed by atoms with Crippen LogP contribution >= 0.6 is 22.7 Å². The van der Waals surface area contributed by atoms with E-state index in [1.54, 1.807) is 28.7 Å². The van der Waals surface area contributed by atoms with Gasteiger partial charge in [0.15, 0.2) is 0 Å². The summed E-state index contributed by atoms with van der Waals surface area (Å²) in [5.41, 5.74) is 1.20. The third-order valence-electron chi connectivity index (χ3n) is 2.69. The summed E-state index contributed by atoms with van der Waals surface area (Å²) in [5, 5.41) is 6.16.